The van der Waals surface area contributed by atoms with Crippen molar-refractivity contribution in [1.82, 2.24) is 14.9 Å². The van der Waals surface area contributed by atoms with Crippen LogP contribution in [-0.4, -0.2) is 33.9 Å². The van der Waals surface area contributed by atoms with Gasteiger partial charge in [-0.3, -0.25) is 9.59 Å². The lowest BCUT2D eigenvalue weighted by Crippen LogP contribution is -2.34. The summed E-state index contributed by atoms with van der Waals surface area (Å²) in [5.74, 6) is -0.748. The summed E-state index contributed by atoms with van der Waals surface area (Å²) >= 11 is 1.30. The average Bonchev–Trinajstić information content (AvgIpc) is 3.27. The quantitative estimate of drug-likeness (QED) is 0.550. The molecule has 0 aliphatic heterocycles. The predicted octanol–water partition coefficient (Wildman–Crippen LogP) is 3.12. The molecule has 0 unspecified atom stereocenters. The molecule has 31 heavy (non-hydrogen) atoms. The van der Waals surface area contributed by atoms with E-state index in [0.717, 1.165) is 10.4 Å². The van der Waals surface area contributed by atoms with Crippen molar-refractivity contribution in [2.45, 2.75) is 26.8 Å². The van der Waals surface area contributed by atoms with Gasteiger partial charge in [-0.05, 0) is 25.0 Å². The molecule has 2 amide bonds. The topological polar surface area (TPSA) is 102 Å². The highest BCUT2D eigenvalue weighted by Crippen LogP contribution is 2.33. The van der Waals surface area contributed by atoms with Gasteiger partial charge in [-0.15, -0.1) is 11.3 Å². The zero-order valence-corrected chi connectivity index (χ0v) is 18.6. The maximum atomic E-state index is 12.7. The van der Waals surface area contributed by atoms with Gasteiger partial charge < -0.3 is 19.9 Å². The molecule has 2 aromatic heterocycles. The molecule has 0 saturated heterocycles. The van der Waals surface area contributed by atoms with Gasteiger partial charge in [0.1, 0.15) is 16.9 Å². The summed E-state index contributed by atoms with van der Waals surface area (Å²) < 4.78 is 7.09. The zero-order valence-electron chi connectivity index (χ0n) is 17.8. The minimum atomic E-state index is -0.658. The zero-order chi connectivity index (χ0) is 22.5. The Morgan fingerprint density at radius 2 is 1.90 bits per heavy atom. The number of esters is 1. The van der Waals surface area contributed by atoms with Crippen LogP contribution < -0.4 is 10.6 Å². The van der Waals surface area contributed by atoms with E-state index in [2.05, 4.69) is 15.6 Å². The number of anilines is 1. The number of hydrogen-bond donors (Lipinski definition) is 2. The van der Waals surface area contributed by atoms with Crippen LogP contribution >= 0.6 is 11.3 Å². The highest BCUT2D eigenvalue weighted by molar-refractivity contribution is 7.16. The summed E-state index contributed by atoms with van der Waals surface area (Å²) in [4.78, 5) is 42.0. The fourth-order valence-corrected chi connectivity index (χ4v) is 4.22. The lowest BCUT2D eigenvalue weighted by atomic mass is 10.1. The first kappa shape index (κ1) is 22.2. The number of rotatable bonds is 7. The third-order valence-electron chi connectivity index (χ3n) is 4.77. The Labute approximate surface area is 184 Å². The summed E-state index contributed by atoms with van der Waals surface area (Å²) in [7, 11) is 1.84. The molecule has 3 aromatic rings. The molecule has 0 radical (unpaired) electrons. The van der Waals surface area contributed by atoms with E-state index in [1.165, 1.54) is 18.3 Å². The molecule has 2 N–H and O–H groups in total. The summed E-state index contributed by atoms with van der Waals surface area (Å²) in [6.45, 7) is 4.54. The van der Waals surface area contributed by atoms with Crippen molar-refractivity contribution in [3.05, 3.63) is 70.1 Å². The van der Waals surface area contributed by atoms with Crippen LogP contribution in [0.4, 0.5) is 5.00 Å². The Hall–Kier alpha value is -3.46. The van der Waals surface area contributed by atoms with Gasteiger partial charge in [0.25, 0.3) is 5.91 Å². The molecule has 0 aliphatic rings. The highest BCUT2D eigenvalue weighted by atomic mass is 32.1. The van der Waals surface area contributed by atoms with Crippen molar-refractivity contribution in [2.24, 2.45) is 7.05 Å². The fourth-order valence-electron chi connectivity index (χ4n) is 3.12. The van der Waals surface area contributed by atoms with E-state index in [1.54, 1.807) is 19.3 Å². The number of benzene rings is 1. The molecule has 0 fully saturated rings. The number of nitrogens with one attached hydrogen (secondary N) is 2. The average molecular weight is 441 g/mol. The molecule has 0 spiro atoms. The highest BCUT2D eigenvalue weighted by Gasteiger charge is 2.24. The molecular weight excluding hydrogens is 416 g/mol. The molecular formula is C22H24N4O4S. The van der Waals surface area contributed by atoms with Crippen molar-refractivity contribution in [1.29, 1.82) is 0 Å². The molecule has 1 aromatic carbocycles. The van der Waals surface area contributed by atoms with Crippen molar-refractivity contribution in [2.75, 3.05) is 11.9 Å². The number of hydrogen-bond acceptors (Lipinski definition) is 6. The van der Waals surface area contributed by atoms with Crippen LogP contribution in [0.2, 0.25) is 0 Å². The first-order valence-corrected chi connectivity index (χ1v) is 10.5. The number of aromatic nitrogens is 2. The minimum absolute atomic E-state index is 0.272. The van der Waals surface area contributed by atoms with Crippen molar-refractivity contribution >= 4 is 34.1 Å². The lowest BCUT2D eigenvalue weighted by molar-refractivity contribution is -0.124. The molecule has 0 bridgehead atoms. The number of aryl methyl sites for hydroxylation is 2. The number of carbonyl (C=O) groups is 3. The molecule has 3 rings (SSSR count). The maximum absolute atomic E-state index is 12.7. The fraction of sp³-hybridized carbons (Fsp3) is 0.273. The predicted molar refractivity (Wildman–Crippen MR) is 118 cm³/mol. The Balaban J connectivity index is 1.72. The van der Waals surface area contributed by atoms with Crippen LogP contribution in [0.25, 0.3) is 0 Å². The normalized spacial score (nSPS) is 11.6. The van der Waals surface area contributed by atoms with E-state index in [4.69, 9.17) is 4.74 Å². The number of ether oxygens (including phenoxy) is 1. The van der Waals surface area contributed by atoms with E-state index in [9.17, 15) is 14.4 Å². The van der Waals surface area contributed by atoms with Gasteiger partial charge in [0.15, 0.2) is 6.61 Å². The van der Waals surface area contributed by atoms with E-state index < -0.39 is 24.5 Å². The Bertz CT molecular complexity index is 1100. The lowest BCUT2D eigenvalue weighted by Gasteiger charge is -2.19. The third kappa shape index (κ3) is 5.18. The summed E-state index contributed by atoms with van der Waals surface area (Å²) in [5.41, 5.74) is 1.84. The number of imidazole rings is 1. The smallest absolute Gasteiger partial charge is 0.341 e. The van der Waals surface area contributed by atoms with Crippen molar-refractivity contribution in [3.63, 3.8) is 0 Å². The van der Waals surface area contributed by atoms with Gasteiger partial charge in [0, 0.05) is 31.2 Å². The summed E-state index contributed by atoms with van der Waals surface area (Å²) in [5, 5.41) is 5.95. The standard InChI is InChI=1S/C22H24N4O4S/c1-13-14(2)31-21(24-15(3)27)18(13)22(29)30-12-17(28)25-19(16-8-6-5-7-9-16)20-23-10-11-26(20)4/h5-11,19H,12H2,1-4H3,(H,24,27)(H,25,28)/t19-/m0/s1. The first-order valence-electron chi connectivity index (χ1n) is 9.64. The van der Waals surface area contributed by atoms with Gasteiger partial charge in [0.2, 0.25) is 5.91 Å². The Kier molecular flexibility index (Phi) is 6.86. The maximum Gasteiger partial charge on any atom is 0.341 e. The Morgan fingerprint density at radius 1 is 1.19 bits per heavy atom. The molecule has 0 aliphatic carbocycles. The monoisotopic (exact) mass is 440 g/mol. The summed E-state index contributed by atoms with van der Waals surface area (Å²) in [6.07, 6.45) is 3.45. The minimum Gasteiger partial charge on any atom is -0.452 e. The van der Waals surface area contributed by atoms with Gasteiger partial charge in [-0.25, -0.2) is 9.78 Å². The largest absolute Gasteiger partial charge is 0.452 e. The molecule has 162 valence electrons. The second-order valence-corrected chi connectivity index (χ2v) is 8.28. The van der Waals surface area contributed by atoms with Gasteiger partial charge >= 0.3 is 5.97 Å². The number of carbonyl (C=O) groups excluding carboxylic acids is 3. The van der Waals surface area contributed by atoms with Crippen molar-refractivity contribution < 1.29 is 19.1 Å². The number of amides is 2. The van der Waals surface area contributed by atoms with E-state index in [0.29, 0.717) is 16.4 Å². The van der Waals surface area contributed by atoms with E-state index in [1.807, 2.05) is 48.9 Å². The third-order valence-corrected chi connectivity index (χ3v) is 5.89. The van der Waals surface area contributed by atoms with Gasteiger partial charge in [-0.1, -0.05) is 30.3 Å². The van der Waals surface area contributed by atoms with Crippen LogP contribution in [0.15, 0.2) is 42.7 Å². The van der Waals surface area contributed by atoms with E-state index in [-0.39, 0.29) is 11.5 Å². The number of thiophene rings is 1. The van der Waals surface area contributed by atoms with Crippen LogP contribution in [0, 0.1) is 13.8 Å². The second-order valence-electron chi connectivity index (χ2n) is 7.05. The first-order chi connectivity index (χ1) is 14.8. The van der Waals surface area contributed by atoms with Gasteiger partial charge in [-0.2, -0.15) is 0 Å². The summed E-state index contributed by atoms with van der Waals surface area (Å²) in [6, 6.07) is 8.93. The molecule has 1 atom stereocenters. The SMILES string of the molecule is CC(=O)Nc1sc(C)c(C)c1C(=O)OCC(=O)N[C@@H](c1ccccc1)c1nccn1C. The molecule has 2 heterocycles. The molecule has 9 heteroatoms. The Morgan fingerprint density at radius 3 is 2.52 bits per heavy atom. The molecule has 8 nitrogen and oxygen atoms in total. The van der Waals surface area contributed by atoms with Crippen LogP contribution in [-0.2, 0) is 21.4 Å². The van der Waals surface area contributed by atoms with Crippen LogP contribution in [0.1, 0.15) is 45.2 Å². The molecule has 0 saturated carbocycles. The van der Waals surface area contributed by atoms with Crippen LogP contribution in [0.5, 0.6) is 0 Å². The van der Waals surface area contributed by atoms with Gasteiger partial charge in [0.05, 0.1) is 5.56 Å². The van der Waals surface area contributed by atoms with E-state index >= 15 is 0 Å². The van der Waals surface area contributed by atoms with Crippen molar-refractivity contribution in [3.8, 4) is 0 Å². The number of nitrogens with zero attached hydrogens (tertiary/aromatic N) is 2. The second kappa shape index (κ2) is 9.57. The van der Waals surface area contributed by atoms with Crippen LogP contribution in [0.3, 0.4) is 0 Å².